The average molecular weight is 235 g/mol. The van der Waals surface area contributed by atoms with E-state index >= 15 is 0 Å². The first-order chi connectivity index (χ1) is 8.38. The predicted octanol–water partition coefficient (Wildman–Crippen LogP) is 1.98. The van der Waals surface area contributed by atoms with Gasteiger partial charge in [-0.2, -0.15) is 5.10 Å². The summed E-state index contributed by atoms with van der Waals surface area (Å²) in [5, 5.41) is 16.4. The van der Waals surface area contributed by atoms with Crippen LogP contribution in [-0.2, 0) is 6.61 Å². The summed E-state index contributed by atoms with van der Waals surface area (Å²) >= 11 is 0. The van der Waals surface area contributed by atoms with E-state index in [0.717, 1.165) is 17.4 Å². The average Bonchev–Trinajstić information content (AvgIpc) is 3.09. The fourth-order valence-electron chi connectivity index (χ4n) is 3.41. The fourth-order valence-corrected chi connectivity index (χ4v) is 3.41. The van der Waals surface area contributed by atoms with E-state index in [-0.39, 0.29) is 6.61 Å². The summed E-state index contributed by atoms with van der Waals surface area (Å²) in [4.78, 5) is 2.64. The van der Waals surface area contributed by atoms with Gasteiger partial charge in [-0.15, -0.1) is 0 Å². The van der Waals surface area contributed by atoms with Crippen LogP contribution in [0.2, 0.25) is 0 Å². The third-order valence-electron chi connectivity index (χ3n) is 4.25. The maximum atomic E-state index is 9.09. The first kappa shape index (κ1) is 11.2. The molecule has 1 unspecified atom stereocenters. The molecule has 1 aromatic rings. The number of rotatable bonds is 3. The molecule has 0 amide bonds. The lowest BCUT2D eigenvalue weighted by atomic mass is 10.1. The summed E-state index contributed by atoms with van der Waals surface area (Å²) in [6.45, 7) is 1.28. The van der Waals surface area contributed by atoms with Gasteiger partial charge in [-0.25, -0.2) is 0 Å². The molecule has 0 aromatic carbocycles. The van der Waals surface area contributed by atoms with Gasteiger partial charge in [0.25, 0.3) is 0 Å². The van der Waals surface area contributed by atoms with E-state index in [2.05, 4.69) is 15.1 Å². The number of H-pyrrole nitrogens is 1. The second-order valence-electron chi connectivity index (χ2n) is 5.31. The fraction of sp³-hybridized carbons (Fsp3) is 0.769. The molecule has 0 radical (unpaired) electrons. The van der Waals surface area contributed by atoms with Crippen LogP contribution >= 0.6 is 0 Å². The lowest BCUT2D eigenvalue weighted by Gasteiger charge is -2.29. The van der Waals surface area contributed by atoms with Crippen molar-refractivity contribution in [1.29, 1.82) is 0 Å². The Balaban J connectivity index is 1.76. The van der Waals surface area contributed by atoms with E-state index in [1.165, 1.54) is 45.1 Å². The monoisotopic (exact) mass is 235 g/mol. The van der Waals surface area contributed by atoms with E-state index in [1.54, 1.807) is 0 Å². The maximum Gasteiger partial charge on any atom is 0.0847 e. The summed E-state index contributed by atoms with van der Waals surface area (Å²) in [5.41, 5.74) is 1.96. The zero-order valence-electron chi connectivity index (χ0n) is 10.2. The van der Waals surface area contributed by atoms with Crippen LogP contribution in [0.15, 0.2) is 6.07 Å². The van der Waals surface area contributed by atoms with Gasteiger partial charge in [0.1, 0.15) is 0 Å². The maximum absolute atomic E-state index is 9.09. The van der Waals surface area contributed by atoms with Crippen molar-refractivity contribution in [2.75, 3.05) is 6.54 Å². The number of aliphatic hydroxyl groups excluding tert-OH is 1. The van der Waals surface area contributed by atoms with E-state index in [1.807, 2.05) is 6.07 Å². The van der Waals surface area contributed by atoms with Gasteiger partial charge >= 0.3 is 0 Å². The van der Waals surface area contributed by atoms with E-state index in [9.17, 15) is 0 Å². The third kappa shape index (κ3) is 2.11. The minimum Gasteiger partial charge on any atom is -0.390 e. The zero-order chi connectivity index (χ0) is 11.7. The van der Waals surface area contributed by atoms with Crippen LogP contribution in [0.25, 0.3) is 0 Å². The van der Waals surface area contributed by atoms with Crippen molar-refractivity contribution in [3.63, 3.8) is 0 Å². The number of likely N-dealkylation sites (tertiary alicyclic amines) is 1. The van der Waals surface area contributed by atoms with Gasteiger partial charge in [0, 0.05) is 6.04 Å². The molecular formula is C13H21N3O. The smallest absolute Gasteiger partial charge is 0.0847 e. The molecule has 1 aromatic heterocycles. The Morgan fingerprint density at radius 3 is 2.82 bits per heavy atom. The Morgan fingerprint density at radius 2 is 2.12 bits per heavy atom. The van der Waals surface area contributed by atoms with Crippen LogP contribution < -0.4 is 0 Å². The second-order valence-corrected chi connectivity index (χ2v) is 5.31. The quantitative estimate of drug-likeness (QED) is 0.842. The highest BCUT2D eigenvalue weighted by Gasteiger charge is 2.34. The van der Waals surface area contributed by atoms with Crippen LogP contribution in [0.4, 0.5) is 0 Å². The lowest BCUT2D eigenvalue weighted by Crippen LogP contribution is -2.32. The van der Waals surface area contributed by atoms with Crippen LogP contribution in [0.1, 0.15) is 56.0 Å². The van der Waals surface area contributed by atoms with Crippen LogP contribution in [0.5, 0.6) is 0 Å². The molecule has 2 heterocycles. The number of aliphatic hydroxyl groups is 1. The van der Waals surface area contributed by atoms with E-state index in [4.69, 9.17) is 5.11 Å². The molecule has 1 atom stereocenters. The van der Waals surface area contributed by atoms with Crippen molar-refractivity contribution in [2.24, 2.45) is 0 Å². The number of aromatic nitrogens is 2. The third-order valence-corrected chi connectivity index (χ3v) is 4.25. The summed E-state index contributed by atoms with van der Waals surface area (Å²) in [7, 11) is 0. The van der Waals surface area contributed by atoms with Gasteiger partial charge in [0.05, 0.1) is 24.0 Å². The minimum absolute atomic E-state index is 0.0587. The summed E-state index contributed by atoms with van der Waals surface area (Å²) in [6.07, 6.45) is 7.98. The number of hydrogen-bond acceptors (Lipinski definition) is 3. The van der Waals surface area contributed by atoms with Crippen LogP contribution in [0, 0.1) is 0 Å². The molecule has 17 heavy (non-hydrogen) atoms. The molecule has 0 bridgehead atoms. The van der Waals surface area contributed by atoms with E-state index < -0.39 is 0 Å². The van der Waals surface area contributed by atoms with Gasteiger partial charge in [-0.3, -0.25) is 10.00 Å². The Hall–Kier alpha value is -0.870. The number of hydrogen-bond donors (Lipinski definition) is 2. The molecule has 4 heteroatoms. The number of nitrogens with one attached hydrogen (secondary N) is 1. The molecular weight excluding hydrogens is 214 g/mol. The van der Waals surface area contributed by atoms with Crippen molar-refractivity contribution < 1.29 is 5.11 Å². The van der Waals surface area contributed by atoms with E-state index in [0.29, 0.717) is 6.04 Å². The topological polar surface area (TPSA) is 52.1 Å². The second kappa shape index (κ2) is 4.78. The molecule has 4 nitrogen and oxygen atoms in total. The Labute approximate surface area is 102 Å². The molecule has 0 spiro atoms. The molecule has 1 saturated heterocycles. The molecule has 2 aliphatic rings. The van der Waals surface area contributed by atoms with Gasteiger partial charge in [-0.1, -0.05) is 12.8 Å². The largest absolute Gasteiger partial charge is 0.390 e. The normalized spacial score (nSPS) is 27.0. The highest BCUT2D eigenvalue weighted by molar-refractivity contribution is 5.14. The SMILES string of the molecule is OCc1cc(C2CCCN2C2CCCC2)n[nH]1. The molecule has 1 aliphatic carbocycles. The molecule has 94 valence electrons. The van der Waals surface area contributed by atoms with Crippen molar-refractivity contribution in [3.05, 3.63) is 17.5 Å². The molecule has 1 saturated carbocycles. The van der Waals surface area contributed by atoms with Crippen LogP contribution in [0.3, 0.4) is 0 Å². The highest BCUT2D eigenvalue weighted by Crippen LogP contribution is 2.37. The lowest BCUT2D eigenvalue weighted by molar-refractivity contribution is 0.180. The molecule has 2 N–H and O–H groups in total. The molecule has 3 rings (SSSR count). The molecule has 2 fully saturated rings. The predicted molar refractivity (Wildman–Crippen MR) is 65.4 cm³/mol. The van der Waals surface area contributed by atoms with Gasteiger partial charge in [-0.05, 0) is 38.3 Å². The van der Waals surface area contributed by atoms with Crippen molar-refractivity contribution in [1.82, 2.24) is 15.1 Å². The minimum atomic E-state index is 0.0587. The Kier molecular flexibility index (Phi) is 3.16. The van der Waals surface area contributed by atoms with Gasteiger partial charge < -0.3 is 5.11 Å². The standard InChI is InChI=1S/C13H21N3O/c17-9-10-8-12(15-14-10)13-6-3-7-16(13)11-4-1-2-5-11/h8,11,13,17H,1-7,9H2,(H,14,15). The van der Waals surface area contributed by atoms with Crippen molar-refractivity contribution in [3.8, 4) is 0 Å². The van der Waals surface area contributed by atoms with Gasteiger partial charge in [0.15, 0.2) is 0 Å². The highest BCUT2D eigenvalue weighted by atomic mass is 16.3. The number of nitrogens with zero attached hydrogens (tertiary/aromatic N) is 2. The Bertz CT molecular complexity index is 370. The number of aromatic amines is 1. The van der Waals surface area contributed by atoms with Gasteiger partial charge in [0.2, 0.25) is 0 Å². The summed E-state index contributed by atoms with van der Waals surface area (Å²) in [6, 6.07) is 3.28. The first-order valence-electron chi connectivity index (χ1n) is 6.79. The molecule has 1 aliphatic heterocycles. The zero-order valence-corrected chi connectivity index (χ0v) is 10.2. The summed E-state index contributed by atoms with van der Waals surface area (Å²) in [5.74, 6) is 0. The van der Waals surface area contributed by atoms with Crippen LogP contribution in [-0.4, -0.2) is 32.8 Å². The van der Waals surface area contributed by atoms with Crippen molar-refractivity contribution >= 4 is 0 Å². The summed E-state index contributed by atoms with van der Waals surface area (Å²) < 4.78 is 0. The Morgan fingerprint density at radius 1 is 1.29 bits per heavy atom. The first-order valence-corrected chi connectivity index (χ1v) is 6.79. The van der Waals surface area contributed by atoms with Crippen molar-refractivity contribution in [2.45, 2.75) is 57.2 Å².